The number of Topliss-reactive ketones (excluding diaryl/α,β-unsaturated/α-hetero) is 1. The van der Waals surface area contributed by atoms with Gasteiger partial charge >= 0.3 is 0 Å². The number of hydrogen-bond donors (Lipinski definition) is 1. The second kappa shape index (κ2) is 8.29. The van der Waals surface area contributed by atoms with E-state index in [-0.39, 0.29) is 28.1 Å². The molecule has 2 amide bonds. The third-order valence-electron chi connectivity index (χ3n) is 4.81. The van der Waals surface area contributed by atoms with Gasteiger partial charge in [0.2, 0.25) is 5.91 Å². The SMILES string of the molecule is COOOSc1ccc(C2=C3C(=O)c4cc(Cl)ccc4C(N)=C3C(=O)N2C(C)=O)cc1. The van der Waals surface area contributed by atoms with E-state index in [1.807, 2.05) is 0 Å². The Morgan fingerprint density at radius 3 is 2.42 bits per heavy atom. The Morgan fingerprint density at radius 2 is 1.77 bits per heavy atom. The number of benzene rings is 2. The molecule has 0 saturated carbocycles. The molecule has 0 radical (unpaired) electrons. The van der Waals surface area contributed by atoms with Gasteiger partial charge in [-0.25, -0.2) is 9.79 Å². The molecular formula is C21H15ClN2O6S. The summed E-state index contributed by atoms with van der Waals surface area (Å²) in [5.41, 5.74) is 7.84. The van der Waals surface area contributed by atoms with Crippen LogP contribution in [0.1, 0.15) is 28.4 Å². The first kappa shape index (κ1) is 21.3. The molecule has 0 bridgehead atoms. The smallest absolute Gasteiger partial charge is 0.268 e. The highest BCUT2D eigenvalue weighted by molar-refractivity contribution is 7.94. The zero-order valence-corrected chi connectivity index (χ0v) is 17.9. The van der Waals surface area contributed by atoms with Crippen LogP contribution in [0.4, 0.5) is 0 Å². The summed E-state index contributed by atoms with van der Waals surface area (Å²) in [5.74, 6) is -1.60. The summed E-state index contributed by atoms with van der Waals surface area (Å²) >= 11 is 6.97. The fraction of sp³-hybridized carbons (Fsp3) is 0.0952. The van der Waals surface area contributed by atoms with Crippen molar-refractivity contribution in [3.63, 3.8) is 0 Å². The topological polar surface area (TPSA) is 108 Å². The first-order valence-electron chi connectivity index (χ1n) is 8.93. The Morgan fingerprint density at radius 1 is 1.06 bits per heavy atom. The molecule has 10 heteroatoms. The number of nitrogens with zero attached hydrogens (tertiary/aromatic N) is 1. The maximum Gasteiger partial charge on any atom is 0.268 e. The van der Waals surface area contributed by atoms with Crippen LogP contribution >= 0.6 is 23.6 Å². The zero-order chi connectivity index (χ0) is 22.3. The number of amides is 2. The molecule has 0 unspecified atom stereocenters. The van der Waals surface area contributed by atoms with Crippen molar-refractivity contribution in [2.24, 2.45) is 5.73 Å². The number of carbonyl (C=O) groups is 3. The lowest BCUT2D eigenvalue weighted by Gasteiger charge is -2.18. The Hall–Kier alpha value is -2.95. The van der Waals surface area contributed by atoms with Crippen molar-refractivity contribution in [3.05, 3.63) is 75.3 Å². The summed E-state index contributed by atoms with van der Waals surface area (Å²) in [6.45, 7) is 1.25. The molecule has 0 fully saturated rings. The molecule has 0 atom stereocenters. The van der Waals surface area contributed by atoms with Crippen molar-refractivity contribution < 1.29 is 28.6 Å². The van der Waals surface area contributed by atoms with Crippen molar-refractivity contribution in [2.45, 2.75) is 11.8 Å². The number of halogens is 1. The van der Waals surface area contributed by atoms with Crippen LogP contribution in [0.3, 0.4) is 0 Å². The van der Waals surface area contributed by atoms with Crippen LogP contribution in [-0.4, -0.2) is 29.6 Å². The highest BCUT2D eigenvalue weighted by atomic mass is 35.5. The normalized spacial score (nSPS) is 15.5. The first-order chi connectivity index (χ1) is 14.8. The van der Waals surface area contributed by atoms with E-state index in [0.29, 0.717) is 21.0 Å². The van der Waals surface area contributed by atoms with E-state index in [1.54, 1.807) is 36.4 Å². The highest BCUT2D eigenvalue weighted by Gasteiger charge is 2.45. The standard InChI is InChI=1S/C21H15ClN2O6S/c1-10(25)24-19(11-3-6-13(7-4-11)31-30-29-28-2)17-16(21(24)27)18(23)14-8-5-12(22)9-15(14)20(17)26/h3-9H,23H2,1-2H3. The lowest BCUT2D eigenvalue weighted by atomic mass is 9.84. The van der Waals surface area contributed by atoms with Crippen molar-refractivity contribution in [1.29, 1.82) is 0 Å². The molecule has 158 valence electrons. The molecule has 2 aromatic rings. The van der Waals surface area contributed by atoms with E-state index in [2.05, 4.69) is 9.93 Å². The highest BCUT2D eigenvalue weighted by Crippen LogP contribution is 2.44. The number of ketones is 1. The van der Waals surface area contributed by atoms with Crippen molar-refractivity contribution >= 4 is 52.6 Å². The summed E-state index contributed by atoms with van der Waals surface area (Å²) in [4.78, 5) is 44.9. The lowest BCUT2D eigenvalue weighted by Crippen LogP contribution is -2.31. The molecule has 4 rings (SSSR count). The molecule has 2 N–H and O–H groups in total. The largest absolute Gasteiger partial charge is 0.398 e. The number of nitrogens with two attached hydrogens (primary N) is 1. The van der Waals surface area contributed by atoms with Gasteiger partial charge in [0.15, 0.2) is 5.78 Å². The van der Waals surface area contributed by atoms with Gasteiger partial charge in [-0.05, 0) is 29.8 Å². The third-order valence-corrected chi connectivity index (χ3v) is 5.63. The van der Waals surface area contributed by atoms with Gasteiger partial charge in [-0.15, -0.1) is 4.33 Å². The molecule has 2 aromatic carbocycles. The van der Waals surface area contributed by atoms with Crippen LogP contribution in [0.5, 0.6) is 0 Å². The Labute approximate surface area is 186 Å². The molecule has 1 aliphatic heterocycles. The molecule has 0 saturated heterocycles. The zero-order valence-electron chi connectivity index (χ0n) is 16.3. The monoisotopic (exact) mass is 458 g/mol. The second-order valence-corrected chi connectivity index (χ2v) is 7.81. The minimum absolute atomic E-state index is 0.0142. The van der Waals surface area contributed by atoms with Crippen molar-refractivity contribution in [2.75, 3.05) is 7.11 Å². The fourth-order valence-corrected chi connectivity index (χ4v) is 4.13. The van der Waals surface area contributed by atoms with E-state index in [0.717, 1.165) is 16.9 Å². The minimum Gasteiger partial charge on any atom is -0.398 e. The van der Waals surface area contributed by atoms with Gasteiger partial charge in [-0.2, -0.15) is 0 Å². The van der Waals surface area contributed by atoms with Gasteiger partial charge in [0.1, 0.15) is 0 Å². The van der Waals surface area contributed by atoms with Crippen LogP contribution in [0.2, 0.25) is 5.02 Å². The number of fused-ring (bicyclic) bond motifs is 2. The molecule has 31 heavy (non-hydrogen) atoms. The van der Waals surface area contributed by atoms with E-state index >= 15 is 0 Å². The molecule has 8 nitrogen and oxygen atoms in total. The van der Waals surface area contributed by atoms with E-state index < -0.39 is 17.6 Å². The van der Waals surface area contributed by atoms with Crippen LogP contribution < -0.4 is 5.73 Å². The summed E-state index contributed by atoms with van der Waals surface area (Å²) in [6.07, 6.45) is 0. The maximum absolute atomic E-state index is 13.4. The summed E-state index contributed by atoms with van der Waals surface area (Å²) in [6, 6.07) is 11.4. The van der Waals surface area contributed by atoms with Gasteiger partial charge in [0, 0.05) is 28.0 Å². The number of hydrogen-bond acceptors (Lipinski definition) is 8. The number of rotatable bonds is 5. The quantitative estimate of drug-likeness (QED) is 0.314. The second-order valence-electron chi connectivity index (χ2n) is 6.60. The predicted octanol–water partition coefficient (Wildman–Crippen LogP) is 3.52. The van der Waals surface area contributed by atoms with E-state index in [1.165, 1.54) is 20.1 Å². The molecule has 0 spiro atoms. The average Bonchev–Trinajstić information content (AvgIpc) is 3.06. The van der Waals surface area contributed by atoms with Gasteiger partial charge in [0.25, 0.3) is 5.91 Å². The Bertz CT molecular complexity index is 1190. The van der Waals surface area contributed by atoms with Crippen LogP contribution in [-0.2, 0) is 23.8 Å². The van der Waals surface area contributed by atoms with Crippen LogP contribution in [0.15, 0.2) is 58.5 Å². The Kier molecular flexibility index (Phi) is 5.69. The number of imide groups is 1. The summed E-state index contributed by atoms with van der Waals surface area (Å²) < 4.78 is 4.75. The first-order valence-corrected chi connectivity index (χ1v) is 10.1. The summed E-state index contributed by atoms with van der Waals surface area (Å²) in [5, 5.41) is 4.71. The van der Waals surface area contributed by atoms with E-state index in [9.17, 15) is 14.4 Å². The van der Waals surface area contributed by atoms with Gasteiger partial charge in [0.05, 0.1) is 41.7 Å². The van der Waals surface area contributed by atoms with Crippen molar-refractivity contribution in [1.82, 2.24) is 4.90 Å². The molecule has 2 aliphatic rings. The minimum atomic E-state index is -0.640. The van der Waals surface area contributed by atoms with Crippen LogP contribution in [0.25, 0.3) is 11.4 Å². The Balaban J connectivity index is 1.88. The van der Waals surface area contributed by atoms with E-state index in [4.69, 9.17) is 21.7 Å². The molecular weight excluding hydrogens is 444 g/mol. The number of carbonyl (C=O) groups excluding carboxylic acids is 3. The van der Waals surface area contributed by atoms with Crippen LogP contribution in [0, 0.1) is 0 Å². The van der Waals surface area contributed by atoms with Crippen molar-refractivity contribution in [3.8, 4) is 0 Å². The van der Waals surface area contributed by atoms with Gasteiger partial charge in [-0.3, -0.25) is 14.4 Å². The third kappa shape index (κ3) is 3.56. The maximum atomic E-state index is 13.4. The lowest BCUT2D eigenvalue weighted by molar-refractivity contribution is -0.447. The predicted molar refractivity (Wildman–Crippen MR) is 113 cm³/mol. The van der Waals surface area contributed by atoms with Gasteiger partial charge < -0.3 is 5.73 Å². The fourth-order valence-electron chi connectivity index (χ4n) is 3.55. The molecule has 1 heterocycles. The van der Waals surface area contributed by atoms with Gasteiger partial charge in [-0.1, -0.05) is 34.8 Å². The average molecular weight is 459 g/mol. The summed E-state index contributed by atoms with van der Waals surface area (Å²) in [7, 11) is 1.30. The molecule has 1 aliphatic carbocycles. The molecule has 0 aromatic heterocycles.